The third-order valence-corrected chi connectivity index (χ3v) is 6.41. The van der Waals surface area contributed by atoms with Crippen molar-refractivity contribution in [2.24, 2.45) is 11.7 Å². The predicted octanol–water partition coefficient (Wildman–Crippen LogP) is 4.82. The van der Waals surface area contributed by atoms with Crippen LogP contribution in [0.25, 0.3) is 11.4 Å². The Morgan fingerprint density at radius 2 is 1.79 bits per heavy atom. The molecular weight excluding hydrogens is 460 g/mol. The van der Waals surface area contributed by atoms with Crippen molar-refractivity contribution in [2.45, 2.75) is 44.7 Å². The van der Waals surface area contributed by atoms with Gasteiger partial charge in [-0.1, -0.05) is 13.8 Å². The minimum atomic E-state index is -4.92. The van der Waals surface area contributed by atoms with E-state index in [9.17, 15) is 27.2 Å². The van der Waals surface area contributed by atoms with Crippen molar-refractivity contribution < 1.29 is 27.2 Å². The molecule has 0 aliphatic rings. The second-order valence-electron chi connectivity index (χ2n) is 8.33. The van der Waals surface area contributed by atoms with Crippen LogP contribution in [0.3, 0.4) is 0 Å². The van der Waals surface area contributed by atoms with Crippen LogP contribution in [-0.2, 0) is 16.6 Å². The second kappa shape index (κ2) is 9.42. The Morgan fingerprint density at radius 1 is 1.12 bits per heavy atom. The summed E-state index contributed by atoms with van der Waals surface area (Å²) >= 11 is 0.761. The van der Waals surface area contributed by atoms with Gasteiger partial charge in [-0.3, -0.25) is 14.7 Å². The van der Waals surface area contributed by atoms with Gasteiger partial charge >= 0.3 is 6.18 Å². The molecule has 0 spiro atoms. The highest BCUT2D eigenvalue weighted by Gasteiger charge is 2.40. The van der Waals surface area contributed by atoms with Crippen molar-refractivity contribution in [3.63, 3.8) is 0 Å². The van der Waals surface area contributed by atoms with E-state index in [-0.39, 0.29) is 10.7 Å². The van der Waals surface area contributed by atoms with E-state index in [1.165, 1.54) is 18.2 Å². The number of hydrogen-bond acceptors (Lipinski definition) is 5. The summed E-state index contributed by atoms with van der Waals surface area (Å²) in [6.07, 6.45) is -4.00. The first-order valence-corrected chi connectivity index (χ1v) is 10.9. The number of rotatable bonds is 9. The number of hydrogen-bond donors (Lipinski definition) is 2. The highest BCUT2D eigenvalue weighted by atomic mass is 32.1. The van der Waals surface area contributed by atoms with Gasteiger partial charge < -0.3 is 5.73 Å². The average molecular weight is 483 g/mol. The van der Waals surface area contributed by atoms with Crippen LogP contribution in [0.15, 0.2) is 36.4 Å². The highest BCUT2D eigenvalue weighted by molar-refractivity contribution is 7.14. The van der Waals surface area contributed by atoms with Gasteiger partial charge in [0.15, 0.2) is 5.82 Å². The van der Waals surface area contributed by atoms with Crippen LogP contribution in [-0.4, -0.2) is 33.0 Å². The van der Waals surface area contributed by atoms with Gasteiger partial charge in [-0.05, 0) is 55.7 Å². The Kier molecular flexibility index (Phi) is 7.01. The molecule has 2 heterocycles. The number of carbonyl (C=O) groups excluding carboxylic acids is 2. The summed E-state index contributed by atoms with van der Waals surface area (Å²) in [6, 6.07) is 8.32. The van der Waals surface area contributed by atoms with E-state index >= 15 is 0 Å². The van der Waals surface area contributed by atoms with Gasteiger partial charge in [-0.2, -0.15) is 18.3 Å². The van der Waals surface area contributed by atoms with E-state index in [0.29, 0.717) is 41.4 Å². The normalized spacial score (nSPS) is 13.2. The van der Waals surface area contributed by atoms with Crippen LogP contribution < -0.4 is 5.73 Å². The zero-order valence-electron chi connectivity index (χ0n) is 17.9. The standard InChI is InChI=1S/C22H22F4N4O2S/c1-21(2,20-28-19(29-30-20)12-3-6-14(23)7-4-12)11-13(18(27)32)5-8-15-9-10-16(33-15)17(31)22(24,25)26/h3-4,6-7,9-10,13H,5,8,11H2,1-2H3,(H2,27,32)(H,28,29,30). The Balaban J connectivity index is 1.68. The summed E-state index contributed by atoms with van der Waals surface area (Å²) < 4.78 is 51.0. The second-order valence-corrected chi connectivity index (χ2v) is 9.50. The van der Waals surface area contributed by atoms with E-state index in [1.807, 2.05) is 13.8 Å². The maximum absolute atomic E-state index is 13.1. The maximum Gasteiger partial charge on any atom is 0.455 e. The lowest BCUT2D eigenvalue weighted by Crippen LogP contribution is -2.31. The molecule has 0 saturated heterocycles. The predicted molar refractivity (Wildman–Crippen MR) is 115 cm³/mol. The van der Waals surface area contributed by atoms with Gasteiger partial charge in [-0.15, -0.1) is 11.3 Å². The van der Waals surface area contributed by atoms with Crippen molar-refractivity contribution in [1.29, 1.82) is 0 Å². The molecule has 0 radical (unpaired) electrons. The fourth-order valence-corrected chi connectivity index (χ4v) is 4.42. The van der Waals surface area contributed by atoms with E-state index in [1.54, 1.807) is 12.1 Å². The average Bonchev–Trinajstić information content (AvgIpc) is 3.40. The molecule has 1 amide bonds. The van der Waals surface area contributed by atoms with Gasteiger partial charge in [0, 0.05) is 21.8 Å². The van der Waals surface area contributed by atoms with Gasteiger partial charge in [0.1, 0.15) is 11.6 Å². The smallest absolute Gasteiger partial charge is 0.369 e. The number of H-pyrrole nitrogens is 1. The molecule has 0 bridgehead atoms. The lowest BCUT2D eigenvalue weighted by Gasteiger charge is -2.26. The lowest BCUT2D eigenvalue weighted by atomic mass is 9.80. The number of Topliss-reactive ketones (excluding diaryl/α,β-unsaturated/α-hetero) is 1. The Morgan fingerprint density at radius 3 is 2.39 bits per heavy atom. The minimum absolute atomic E-state index is 0.302. The largest absolute Gasteiger partial charge is 0.455 e. The number of aryl methyl sites for hydroxylation is 1. The number of nitrogens with zero attached hydrogens (tertiary/aromatic N) is 2. The molecule has 3 aromatic rings. The fourth-order valence-electron chi connectivity index (χ4n) is 3.44. The molecule has 6 nitrogen and oxygen atoms in total. The summed E-state index contributed by atoms with van der Waals surface area (Å²) in [4.78, 5) is 28.1. The number of primary amides is 1. The maximum atomic E-state index is 13.1. The molecule has 11 heteroatoms. The number of nitrogens with two attached hydrogens (primary N) is 1. The summed E-state index contributed by atoms with van der Waals surface area (Å²) in [5, 5.41) is 7.03. The number of halogens is 4. The molecule has 176 valence electrons. The molecule has 0 saturated carbocycles. The molecular formula is C22H22F4N4O2S. The minimum Gasteiger partial charge on any atom is -0.369 e. The summed E-state index contributed by atoms with van der Waals surface area (Å²) in [5.41, 5.74) is 5.59. The molecule has 0 fully saturated rings. The summed E-state index contributed by atoms with van der Waals surface area (Å²) in [5.74, 6) is -2.47. The first-order chi connectivity index (χ1) is 15.4. The van der Waals surface area contributed by atoms with E-state index < -0.39 is 29.2 Å². The molecule has 1 unspecified atom stereocenters. The van der Waals surface area contributed by atoms with Crippen LogP contribution >= 0.6 is 11.3 Å². The van der Waals surface area contributed by atoms with E-state index in [0.717, 1.165) is 17.4 Å². The van der Waals surface area contributed by atoms with Gasteiger partial charge in [-0.25, -0.2) is 9.37 Å². The monoisotopic (exact) mass is 482 g/mol. The molecule has 0 aliphatic heterocycles. The molecule has 0 aliphatic carbocycles. The number of aromatic nitrogens is 3. The number of ketones is 1. The summed E-state index contributed by atoms with van der Waals surface area (Å²) in [7, 11) is 0. The first-order valence-electron chi connectivity index (χ1n) is 10.0. The first kappa shape index (κ1) is 24.6. The lowest BCUT2D eigenvalue weighted by molar-refractivity contribution is -0.122. The highest BCUT2D eigenvalue weighted by Crippen LogP contribution is 2.32. The van der Waals surface area contributed by atoms with Gasteiger partial charge in [0.2, 0.25) is 5.91 Å². The number of alkyl halides is 3. The quantitative estimate of drug-likeness (QED) is 0.337. The number of carbonyl (C=O) groups is 2. The summed E-state index contributed by atoms with van der Waals surface area (Å²) in [6.45, 7) is 3.73. The SMILES string of the molecule is CC(C)(CC(CCc1ccc(C(=O)C(F)(F)F)s1)C(N)=O)c1nc(-c2ccc(F)cc2)n[nH]1. The Bertz CT molecular complexity index is 1140. The van der Waals surface area contributed by atoms with Crippen LogP contribution in [0.2, 0.25) is 0 Å². The van der Waals surface area contributed by atoms with Crippen molar-refractivity contribution in [3.05, 3.63) is 57.8 Å². The van der Waals surface area contributed by atoms with Gasteiger partial charge in [0.25, 0.3) is 5.78 Å². The van der Waals surface area contributed by atoms with Crippen LogP contribution in [0.1, 0.15) is 47.1 Å². The Labute approximate surface area is 191 Å². The number of thiophene rings is 1. The topological polar surface area (TPSA) is 102 Å². The van der Waals surface area contributed by atoms with Crippen molar-refractivity contribution in [3.8, 4) is 11.4 Å². The van der Waals surface area contributed by atoms with E-state index in [4.69, 9.17) is 5.73 Å². The van der Waals surface area contributed by atoms with Crippen LogP contribution in [0.4, 0.5) is 17.6 Å². The van der Waals surface area contributed by atoms with Gasteiger partial charge in [0.05, 0.1) is 4.88 Å². The number of nitrogens with one attached hydrogen (secondary N) is 1. The fraction of sp³-hybridized carbons (Fsp3) is 0.364. The Hall–Kier alpha value is -3.08. The molecule has 3 rings (SSSR count). The number of amides is 1. The third kappa shape index (κ3) is 6.04. The number of benzene rings is 1. The van der Waals surface area contributed by atoms with E-state index in [2.05, 4.69) is 15.2 Å². The van der Waals surface area contributed by atoms with Crippen LogP contribution in [0, 0.1) is 11.7 Å². The molecule has 33 heavy (non-hydrogen) atoms. The van der Waals surface area contributed by atoms with Crippen molar-refractivity contribution in [2.75, 3.05) is 0 Å². The molecule has 2 aromatic heterocycles. The zero-order valence-corrected chi connectivity index (χ0v) is 18.7. The van der Waals surface area contributed by atoms with Crippen molar-refractivity contribution in [1.82, 2.24) is 15.2 Å². The van der Waals surface area contributed by atoms with Crippen molar-refractivity contribution >= 4 is 23.0 Å². The molecule has 3 N–H and O–H groups in total. The zero-order chi connectivity index (χ0) is 24.4. The number of aromatic amines is 1. The molecule has 1 aromatic carbocycles. The third-order valence-electron chi connectivity index (χ3n) is 5.27. The molecule has 1 atom stereocenters. The van der Waals surface area contributed by atoms with Crippen LogP contribution in [0.5, 0.6) is 0 Å².